The van der Waals surface area contributed by atoms with Crippen molar-refractivity contribution in [3.63, 3.8) is 0 Å². The minimum Gasteiger partial charge on any atom is -0.457 e. The van der Waals surface area contributed by atoms with E-state index in [2.05, 4.69) is 58.8 Å². The molecule has 7 unspecified atom stereocenters. The van der Waals surface area contributed by atoms with E-state index in [-0.39, 0.29) is 35.1 Å². The third kappa shape index (κ3) is 3.78. The van der Waals surface area contributed by atoms with E-state index in [9.17, 15) is 9.90 Å². The molecule has 0 aliphatic heterocycles. The van der Waals surface area contributed by atoms with Gasteiger partial charge in [-0.25, -0.2) is 4.68 Å². The van der Waals surface area contributed by atoms with Crippen molar-refractivity contribution in [2.24, 2.45) is 34.5 Å². The van der Waals surface area contributed by atoms with Gasteiger partial charge in [-0.15, -0.1) is 0 Å². The second-order valence-corrected chi connectivity index (χ2v) is 13.6. The zero-order valence-electron chi connectivity index (χ0n) is 24.3. The molecular weight excluding hydrogens is 524 g/mol. The van der Waals surface area contributed by atoms with Gasteiger partial charge in [-0.05, 0) is 103 Å². The molecule has 0 radical (unpaired) electrons. The van der Waals surface area contributed by atoms with Crippen LogP contribution in [0.2, 0.25) is 0 Å². The lowest BCUT2D eigenvalue weighted by Gasteiger charge is -2.59. The van der Waals surface area contributed by atoms with Crippen LogP contribution in [0.5, 0.6) is 6.01 Å². The minimum absolute atomic E-state index is 0.00969. The van der Waals surface area contributed by atoms with Crippen LogP contribution in [-0.2, 0) is 11.2 Å². The molecule has 42 heavy (non-hydrogen) atoms. The van der Waals surface area contributed by atoms with Crippen molar-refractivity contribution in [1.29, 1.82) is 0 Å². The van der Waals surface area contributed by atoms with Crippen LogP contribution in [0.1, 0.15) is 57.2 Å². The molecule has 216 valence electrons. The first kappa shape index (κ1) is 26.0. The Bertz CT molecular complexity index is 1670. The topological polar surface area (TPSA) is 93.0 Å². The number of fused-ring (bicyclic) bond motifs is 7. The number of aromatic nitrogens is 4. The highest BCUT2D eigenvalue weighted by atomic mass is 16.5. The number of imidazole rings is 1. The van der Waals surface area contributed by atoms with Crippen LogP contribution in [0, 0.1) is 34.5 Å². The summed E-state index contributed by atoms with van der Waals surface area (Å²) in [5, 5.41) is 16.7. The van der Waals surface area contributed by atoms with E-state index in [0.717, 1.165) is 48.8 Å². The number of benzene rings is 2. The monoisotopic (exact) mass is 562 g/mol. The van der Waals surface area contributed by atoms with Gasteiger partial charge in [-0.1, -0.05) is 49.8 Å². The van der Waals surface area contributed by atoms with Crippen molar-refractivity contribution < 1.29 is 14.6 Å². The number of allylic oxidation sites excluding steroid dienone is 1. The second-order valence-electron chi connectivity index (χ2n) is 13.6. The van der Waals surface area contributed by atoms with Crippen molar-refractivity contribution in [2.75, 3.05) is 6.61 Å². The normalized spacial score (nSPS) is 33.3. The summed E-state index contributed by atoms with van der Waals surface area (Å²) in [5.74, 6) is 1.04. The first-order chi connectivity index (χ1) is 20.3. The van der Waals surface area contributed by atoms with Crippen molar-refractivity contribution in [3.8, 4) is 11.7 Å². The molecule has 7 atom stereocenters. The Balaban J connectivity index is 1.03. The number of ether oxygens (including phenoxy) is 1. The lowest BCUT2D eigenvalue weighted by atomic mass is 9.46. The fraction of sp³-hybridized carbons (Fsp3) is 0.457. The number of ketones is 1. The van der Waals surface area contributed by atoms with E-state index in [4.69, 9.17) is 9.84 Å². The molecule has 7 nitrogen and oxygen atoms in total. The molecule has 0 bridgehead atoms. The largest absolute Gasteiger partial charge is 0.457 e. The second kappa shape index (κ2) is 9.40. The van der Waals surface area contributed by atoms with Crippen LogP contribution < -0.4 is 4.74 Å². The molecule has 0 spiro atoms. The Labute approximate surface area is 246 Å². The standard InChI is InChI=1S/C35H38N4O3/c1-34-17-21-19-36-39(23-8-4-3-5-9-23)29(21)16-22(34)12-13-24-25-14-15-26(35(25,2)18-30(40)32(24)34)31(41)20-42-33-37-27-10-6-7-11-28(27)38-33/h3-11,16,19,24-26,30,32,40H,12-15,17-18,20H2,1-2H3,(H,37,38). The Morgan fingerprint density at radius 3 is 2.74 bits per heavy atom. The van der Waals surface area contributed by atoms with E-state index in [0.29, 0.717) is 24.3 Å². The van der Waals surface area contributed by atoms with Gasteiger partial charge in [0.1, 0.15) is 6.61 Å². The molecular formula is C35H38N4O3. The summed E-state index contributed by atoms with van der Waals surface area (Å²) in [5.41, 5.74) is 6.37. The molecule has 2 aromatic heterocycles. The number of nitrogens with zero attached hydrogens (tertiary/aromatic N) is 3. The number of aromatic amines is 1. The van der Waals surface area contributed by atoms with Gasteiger partial charge in [0.15, 0.2) is 5.78 Å². The van der Waals surface area contributed by atoms with Gasteiger partial charge in [0.05, 0.1) is 34.7 Å². The molecule has 4 aliphatic carbocycles. The number of aliphatic hydroxyl groups is 1. The van der Waals surface area contributed by atoms with Crippen LogP contribution in [0.15, 0.2) is 66.4 Å². The maximum absolute atomic E-state index is 13.6. The summed E-state index contributed by atoms with van der Waals surface area (Å²) in [6, 6.07) is 18.5. The summed E-state index contributed by atoms with van der Waals surface area (Å²) in [7, 11) is 0. The quantitative estimate of drug-likeness (QED) is 0.304. The number of hydrogen-bond acceptors (Lipinski definition) is 5. The third-order valence-corrected chi connectivity index (χ3v) is 11.5. The summed E-state index contributed by atoms with van der Waals surface area (Å²) >= 11 is 0. The van der Waals surface area contributed by atoms with Gasteiger partial charge in [0.25, 0.3) is 6.01 Å². The van der Waals surface area contributed by atoms with Gasteiger partial charge in [0, 0.05) is 5.92 Å². The Morgan fingerprint density at radius 2 is 1.90 bits per heavy atom. The molecule has 7 heteroatoms. The fourth-order valence-corrected chi connectivity index (χ4v) is 9.73. The summed E-state index contributed by atoms with van der Waals surface area (Å²) in [6.45, 7) is 4.66. The van der Waals surface area contributed by atoms with E-state index in [1.165, 1.54) is 16.8 Å². The van der Waals surface area contributed by atoms with E-state index >= 15 is 0 Å². The van der Waals surface area contributed by atoms with E-state index in [1.54, 1.807) is 0 Å². The fourth-order valence-electron chi connectivity index (χ4n) is 9.73. The number of carbonyl (C=O) groups excluding carboxylic acids is 1. The predicted octanol–water partition coefficient (Wildman–Crippen LogP) is 6.17. The number of carbonyl (C=O) groups is 1. The maximum atomic E-state index is 13.6. The summed E-state index contributed by atoms with van der Waals surface area (Å²) in [4.78, 5) is 21.3. The Morgan fingerprint density at radius 1 is 1.10 bits per heavy atom. The van der Waals surface area contributed by atoms with Gasteiger partial charge in [-0.3, -0.25) is 4.79 Å². The molecule has 4 aromatic rings. The van der Waals surface area contributed by atoms with Crippen molar-refractivity contribution in [3.05, 3.63) is 77.6 Å². The highest BCUT2D eigenvalue weighted by molar-refractivity contribution is 5.84. The minimum atomic E-state index is -0.444. The van der Waals surface area contributed by atoms with Crippen LogP contribution in [-0.4, -0.2) is 43.3 Å². The SMILES string of the molecule is CC12Cc3cnn(-c4ccccc4)c3C=C1CCC1C2C(O)CC2(C)C(C(=O)COc3nc4ccccc4[nH]3)CCC12. The Hall–Kier alpha value is -3.71. The molecule has 4 aliphatic rings. The van der Waals surface area contributed by atoms with Crippen molar-refractivity contribution >= 4 is 22.9 Å². The molecule has 3 saturated carbocycles. The number of aliphatic hydroxyl groups excluding tert-OH is 1. The molecule has 2 heterocycles. The summed E-state index contributed by atoms with van der Waals surface area (Å²) in [6.07, 6.45) is 9.51. The highest BCUT2D eigenvalue weighted by Crippen LogP contribution is 2.66. The van der Waals surface area contributed by atoms with Crippen LogP contribution in [0.3, 0.4) is 0 Å². The molecule has 3 fully saturated rings. The number of H-pyrrole nitrogens is 1. The smallest absolute Gasteiger partial charge is 0.295 e. The first-order valence-electron chi connectivity index (χ1n) is 15.5. The average molecular weight is 563 g/mol. The van der Waals surface area contributed by atoms with Gasteiger partial charge >= 0.3 is 0 Å². The average Bonchev–Trinajstić information content (AvgIpc) is 3.68. The first-order valence-corrected chi connectivity index (χ1v) is 15.5. The van der Waals surface area contributed by atoms with Crippen LogP contribution in [0.25, 0.3) is 22.8 Å². The van der Waals surface area contributed by atoms with E-state index < -0.39 is 6.10 Å². The van der Waals surface area contributed by atoms with Gasteiger partial charge < -0.3 is 14.8 Å². The van der Waals surface area contributed by atoms with Gasteiger partial charge in [0.2, 0.25) is 0 Å². The number of hydrogen-bond donors (Lipinski definition) is 2. The molecule has 8 rings (SSSR count). The predicted molar refractivity (Wildman–Crippen MR) is 161 cm³/mol. The summed E-state index contributed by atoms with van der Waals surface area (Å²) < 4.78 is 7.94. The molecule has 2 aromatic carbocycles. The number of nitrogens with one attached hydrogen (secondary N) is 1. The van der Waals surface area contributed by atoms with Gasteiger partial charge in [-0.2, -0.15) is 10.1 Å². The van der Waals surface area contributed by atoms with Crippen LogP contribution in [0.4, 0.5) is 0 Å². The zero-order valence-corrected chi connectivity index (χ0v) is 24.3. The number of para-hydroxylation sites is 3. The highest BCUT2D eigenvalue weighted by Gasteiger charge is 2.63. The number of Topliss-reactive ketones (excluding diaryl/α,β-unsaturated/α-hetero) is 1. The zero-order chi connectivity index (χ0) is 28.6. The van der Waals surface area contributed by atoms with E-state index in [1.807, 2.05) is 36.5 Å². The van der Waals surface area contributed by atoms with Crippen molar-refractivity contribution in [1.82, 2.24) is 19.7 Å². The molecule has 0 saturated heterocycles. The number of rotatable bonds is 5. The lowest BCUT2D eigenvalue weighted by molar-refractivity contribution is -0.143. The maximum Gasteiger partial charge on any atom is 0.295 e. The molecule has 0 amide bonds. The van der Waals surface area contributed by atoms with Crippen LogP contribution >= 0.6 is 0 Å². The lowest BCUT2D eigenvalue weighted by Crippen LogP contribution is -2.57. The Kier molecular flexibility index (Phi) is 5.81. The van der Waals surface area contributed by atoms with Crippen molar-refractivity contribution in [2.45, 2.75) is 58.5 Å². The third-order valence-electron chi connectivity index (χ3n) is 11.5. The molecule has 2 N–H and O–H groups in total.